The molecular formula is C23H18Cl2N2OS. The smallest absolute Gasteiger partial charge is 0.266 e. The minimum Gasteiger partial charge on any atom is -0.286 e. The third-order valence-electron chi connectivity index (χ3n) is 4.59. The summed E-state index contributed by atoms with van der Waals surface area (Å²) < 4.78 is 0. The first kappa shape index (κ1) is 20.0. The molecule has 4 rings (SSSR count). The van der Waals surface area contributed by atoms with E-state index in [9.17, 15) is 4.79 Å². The van der Waals surface area contributed by atoms with Gasteiger partial charge < -0.3 is 0 Å². The van der Waals surface area contributed by atoms with Crippen LogP contribution >= 0.6 is 35.0 Å². The van der Waals surface area contributed by atoms with Crippen molar-refractivity contribution in [1.29, 1.82) is 0 Å². The molecule has 0 unspecified atom stereocenters. The maximum Gasteiger partial charge on any atom is 0.266 e. The molecule has 29 heavy (non-hydrogen) atoms. The first-order valence-electron chi connectivity index (χ1n) is 9.30. The Morgan fingerprint density at radius 2 is 1.79 bits per heavy atom. The van der Waals surface area contributed by atoms with E-state index < -0.39 is 0 Å². The lowest BCUT2D eigenvalue weighted by molar-refractivity contribution is -0.122. The number of aliphatic imine (C=N–C) groups is 1. The zero-order valence-electron chi connectivity index (χ0n) is 15.7. The molecule has 3 aromatic carbocycles. The number of carbonyl (C=O) groups excluding carboxylic acids is 1. The highest BCUT2D eigenvalue weighted by Gasteiger charge is 2.33. The summed E-state index contributed by atoms with van der Waals surface area (Å²) in [6, 6.07) is 19.5. The van der Waals surface area contributed by atoms with Gasteiger partial charge in [-0.25, -0.2) is 4.99 Å². The van der Waals surface area contributed by atoms with Gasteiger partial charge in [0.1, 0.15) is 0 Å². The number of fused-ring (bicyclic) bond motifs is 1. The average Bonchev–Trinajstić information content (AvgIpc) is 3.01. The molecule has 1 heterocycles. The number of carbonyl (C=O) groups is 1. The average molecular weight is 441 g/mol. The van der Waals surface area contributed by atoms with Gasteiger partial charge in [0.05, 0.1) is 20.6 Å². The number of benzene rings is 3. The van der Waals surface area contributed by atoms with Crippen molar-refractivity contribution in [2.24, 2.45) is 4.99 Å². The fourth-order valence-electron chi connectivity index (χ4n) is 3.19. The number of nitrogens with zero attached hydrogens (tertiary/aromatic N) is 2. The van der Waals surface area contributed by atoms with E-state index in [1.165, 1.54) is 11.8 Å². The van der Waals surface area contributed by atoms with Crippen LogP contribution in [0.1, 0.15) is 18.9 Å². The van der Waals surface area contributed by atoms with Crippen molar-refractivity contribution in [2.45, 2.75) is 13.3 Å². The summed E-state index contributed by atoms with van der Waals surface area (Å²) in [5.41, 5.74) is 1.57. The molecule has 0 spiro atoms. The van der Waals surface area contributed by atoms with Gasteiger partial charge in [-0.15, -0.1) is 0 Å². The Hall–Kier alpha value is -2.27. The predicted octanol–water partition coefficient (Wildman–Crippen LogP) is 7.16. The van der Waals surface area contributed by atoms with Crippen LogP contribution < -0.4 is 0 Å². The molecule has 1 saturated heterocycles. The predicted molar refractivity (Wildman–Crippen MR) is 125 cm³/mol. The van der Waals surface area contributed by atoms with Gasteiger partial charge in [0, 0.05) is 11.9 Å². The Bertz CT molecular complexity index is 1150. The summed E-state index contributed by atoms with van der Waals surface area (Å²) in [5, 5.41) is 3.76. The van der Waals surface area contributed by atoms with Gasteiger partial charge in [-0.05, 0) is 47.3 Å². The summed E-state index contributed by atoms with van der Waals surface area (Å²) in [6.45, 7) is 2.65. The quantitative estimate of drug-likeness (QED) is 0.403. The summed E-state index contributed by atoms with van der Waals surface area (Å²) >= 11 is 13.8. The van der Waals surface area contributed by atoms with Crippen LogP contribution in [0.5, 0.6) is 0 Å². The fraction of sp³-hybridized carbons (Fsp3) is 0.130. The van der Waals surface area contributed by atoms with Crippen molar-refractivity contribution in [2.75, 3.05) is 6.54 Å². The lowest BCUT2D eigenvalue weighted by atomic mass is 10.1. The van der Waals surface area contributed by atoms with Gasteiger partial charge in [0.25, 0.3) is 5.91 Å². The highest BCUT2D eigenvalue weighted by atomic mass is 35.5. The van der Waals surface area contributed by atoms with Crippen molar-refractivity contribution in [3.63, 3.8) is 0 Å². The second kappa shape index (κ2) is 8.62. The molecule has 146 valence electrons. The second-order valence-electron chi connectivity index (χ2n) is 6.60. The van der Waals surface area contributed by atoms with Crippen LogP contribution in [-0.2, 0) is 4.79 Å². The minimum atomic E-state index is -0.0631. The van der Waals surface area contributed by atoms with Gasteiger partial charge >= 0.3 is 0 Å². The zero-order valence-corrected chi connectivity index (χ0v) is 18.1. The maximum absolute atomic E-state index is 13.0. The number of halogens is 2. The van der Waals surface area contributed by atoms with E-state index in [-0.39, 0.29) is 5.91 Å². The molecule has 0 saturated carbocycles. The molecule has 1 amide bonds. The highest BCUT2D eigenvalue weighted by molar-refractivity contribution is 8.18. The molecule has 1 fully saturated rings. The van der Waals surface area contributed by atoms with Gasteiger partial charge in [-0.1, -0.05) is 78.7 Å². The van der Waals surface area contributed by atoms with E-state index in [0.29, 0.717) is 26.7 Å². The molecule has 1 aliphatic heterocycles. The van der Waals surface area contributed by atoms with E-state index in [1.54, 1.807) is 17.0 Å². The summed E-state index contributed by atoms with van der Waals surface area (Å²) in [6.07, 6.45) is 2.63. The van der Waals surface area contributed by atoms with Crippen molar-refractivity contribution < 1.29 is 4.79 Å². The van der Waals surface area contributed by atoms with Gasteiger partial charge in [-0.2, -0.15) is 0 Å². The molecule has 0 aromatic heterocycles. The highest BCUT2D eigenvalue weighted by Crippen LogP contribution is 2.37. The molecule has 1 aliphatic rings. The van der Waals surface area contributed by atoms with E-state index in [1.807, 2.05) is 49.4 Å². The van der Waals surface area contributed by atoms with E-state index in [2.05, 4.69) is 12.1 Å². The van der Waals surface area contributed by atoms with E-state index in [4.69, 9.17) is 28.2 Å². The second-order valence-corrected chi connectivity index (χ2v) is 8.40. The molecule has 3 aromatic rings. The molecule has 6 heteroatoms. The first-order chi connectivity index (χ1) is 14.1. The van der Waals surface area contributed by atoms with Crippen LogP contribution in [0.3, 0.4) is 0 Å². The third-order valence-corrected chi connectivity index (χ3v) is 6.43. The Balaban J connectivity index is 1.77. The molecular weight excluding hydrogens is 423 g/mol. The fourth-order valence-corrected chi connectivity index (χ4v) is 4.57. The van der Waals surface area contributed by atoms with Crippen LogP contribution in [0, 0.1) is 0 Å². The van der Waals surface area contributed by atoms with Crippen LogP contribution in [-0.4, -0.2) is 22.5 Å². The van der Waals surface area contributed by atoms with Gasteiger partial charge in [0.2, 0.25) is 0 Å². The van der Waals surface area contributed by atoms with Crippen molar-refractivity contribution >= 4 is 68.6 Å². The summed E-state index contributed by atoms with van der Waals surface area (Å²) in [4.78, 5) is 20.2. The van der Waals surface area contributed by atoms with Crippen LogP contribution in [0.4, 0.5) is 5.69 Å². The van der Waals surface area contributed by atoms with E-state index >= 15 is 0 Å². The Kier molecular flexibility index (Phi) is 5.95. The van der Waals surface area contributed by atoms with Crippen LogP contribution in [0.25, 0.3) is 16.8 Å². The standard InChI is InChI=1S/C23H18Cl2N2OS/c1-2-13-27-22(28)20(14-16-9-5-11-18(24)21(16)25)29-23(27)26-19-12-6-8-15-7-3-4-10-17(15)19/h3-12,14H,2,13H2,1H3. The Labute approximate surface area is 184 Å². The third kappa shape index (κ3) is 4.06. The first-order valence-corrected chi connectivity index (χ1v) is 10.9. The molecule has 3 nitrogen and oxygen atoms in total. The normalized spacial score (nSPS) is 17.1. The molecule has 0 radical (unpaired) electrons. The van der Waals surface area contributed by atoms with Crippen molar-refractivity contribution in [1.82, 2.24) is 4.90 Å². The number of hydrogen-bond acceptors (Lipinski definition) is 3. The Morgan fingerprint density at radius 1 is 1.03 bits per heavy atom. The topological polar surface area (TPSA) is 32.7 Å². The largest absolute Gasteiger partial charge is 0.286 e. The van der Waals surface area contributed by atoms with Crippen LogP contribution in [0.15, 0.2) is 70.6 Å². The SMILES string of the molecule is CCCN1C(=O)C(=Cc2cccc(Cl)c2Cl)SC1=Nc1cccc2ccccc12. The number of rotatable bonds is 4. The molecule has 0 bridgehead atoms. The van der Waals surface area contributed by atoms with Gasteiger partial charge in [0.15, 0.2) is 5.17 Å². The number of thioether (sulfide) groups is 1. The monoisotopic (exact) mass is 440 g/mol. The minimum absolute atomic E-state index is 0.0631. The summed E-state index contributed by atoms with van der Waals surface area (Å²) in [7, 11) is 0. The molecule has 0 atom stereocenters. The number of amides is 1. The maximum atomic E-state index is 13.0. The molecule has 0 aliphatic carbocycles. The number of hydrogen-bond donors (Lipinski definition) is 0. The van der Waals surface area contributed by atoms with Gasteiger partial charge in [-0.3, -0.25) is 9.69 Å². The number of amidine groups is 1. The molecule has 0 N–H and O–H groups in total. The van der Waals surface area contributed by atoms with E-state index in [0.717, 1.165) is 28.4 Å². The lowest BCUT2D eigenvalue weighted by Crippen LogP contribution is -2.29. The zero-order chi connectivity index (χ0) is 20.4. The van der Waals surface area contributed by atoms with Crippen molar-refractivity contribution in [3.05, 3.63) is 81.2 Å². The van der Waals surface area contributed by atoms with Crippen molar-refractivity contribution in [3.8, 4) is 0 Å². The summed E-state index contributed by atoms with van der Waals surface area (Å²) in [5.74, 6) is -0.0631. The van der Waals surface area contributed by atoms with Crippen LogP contribution in [0.2, 0.25) is 10.0 Å². The lowest BCUT2D eigenvalue weighted by Gasteiger charge is -2.14. The Morgan fingerprint density at radius 3 is 2.62 bits per heavy atom.